The van der Waals surface area contributed by atoms with Crippen LogP contribution in [-0.4, -0.2) is 45.8 Å². The number of hydrogen-bond acceptors (Lipinski definition) is 4. The fourth-order valence-electron chi connectivity index (χ4n) is 2.31. The van der Waals surface area contributed by atoms with Gasteiger partial charge in [0, 0.05) is 0 Å². The molecule has 4 atom stereocenters. The van der Waals surface area contributed by atoms with E-state index in [2.05, 4.69) is 0 Å². The van der Waals surface area contributed by atoms with Crippen LogP contribution in [0.1, 0.15) is 41.5 Å². The largest absolute Gasteiger partial charge is 0.388 e. The van der Waals surface area contributed by atoms with Gasteiger partial charge in [0.25, 0.3) is 0 Å². The van der Waals surface area contributed by atoms with E-state index in [4.69, 9.17) is 4.74 Å². The summed E-state index contributed by atoms with van der Waals surface area (Å²) in [6, 6.07) is 0. The average Bonchev–Trinajstić information content (AvgIpc) is 2.10. The predicted octanol–water partition coefficient (Wildman–Crippen LogP) is 0.929. The van der Waals surface area contributed by atoms with E-state index in [9.17, 15) is 15.3 Å². The van der Waals surface area contributed by atoms with E-state index in [0.29, 0.717) is 0 Å². The Kier molecular flexibility index (Phi) is 3.94. The van der Waals surface area contributed by atoms with Gasteiger partial charge in [0.2, 0.25) is 0 Å². The fourth-order valence-corrected chi connectivity index (χ4v) is 2.31. The molecule has 0 aliphatic carbocycles. The molecule has 4 heteroatoms. The van der Waals surface area contributed by atoms with Gasteiger partial charge in [-0.05, 0) is 10.8 Å². The number of aliphatic hydroxyl groups excluding tert-OH is 3. The lowest BCUT2D eigenvalue weighted by atomic mass is 9.75. The first kappa shape index (κ1) is 14.9. The quantitative estimate of drug-likeness (QED) is 0.594. The van der Waals surface area contributed by atoms with Gasteiger partial charge in [0.15, 0.2) is 0 Å². The normalized spacial score (nSPS) is 40.4. The third-order valence-electron chi connectivity index (χ3n) is 3.32. The molecule has 0 bridgehead atoms. The van der Waals surface area contributed by atoms with Gasteiger partial charge in [0.1, 0.15) is 18.3 Å². The molecule has 3 N–H and O–H groups in total. The highest BCUT2D eigenvalue weighted by molar-refractivity contribution is 4.99. The minimum absolute atomic E-state index is 0.288. The number of aliphatic hydroxyl groups is 3. The molecule has 0 aromatic rings. The number of ether oxygens (including phenoxy) is 1. The van der Waals surface area contributed by atoms with Gasteiger partial charge in [0.05, 0.1) is 12.2 Å². The Bertz CT molecular complexity index is 238. The highest BCUT2D eigenvalue weighted by Gasteiger charge is 2.50. The van der Waals surface area contributed by atoms with Crippen LogP contribution in [0.25, 0.3) is 0 Å². The number of rotatable bonds is 0. The second-order valence-corrected chi connectivity index (χ2v) is 7.18. The highest BCUT2D eigenvalue weighted by atomic mass is 16.5. The Morgan fingerprint density at radius 1 is 0.647 bits per heavy atom. The molecular weight excluding hydrogens is 220 g/mol. The van der Waals surface area contributed by atoms with Gasteiger partial charge >= 0.3 is 0 Å². The second kappa shape index (κ2) is 4.50. The van der Waals surface area contributed by atoms with E-state index in [1.165, 1.54) is 0 Å². The molecule has 0 spiro atoms. The zero-order valence-corrected chi connectivity index (χ0v) is 11.6. The molecule has 1 rings (SSSR count). The zero-order chi connectivity index (χ0) is 13.6. The topological polar surface area (TPSA) is 69.9 Å². The average molecular weight is 246 g/mol. The van der Waals surface area contributed by atoms with Crippen LogP contribution in [-0.2, 0) is 4.74 Å². The molecule has 1 saturated heterocycles. The summed E-state index contributed by atoms with van der Waals surface area (Å²) in [4.78, 5) is 0. The third-order valence-corrected chi connectivity index (χ3v) is 3.32. The molecule has 1 heterocycles. The molecule has 1 aliphatic heterocycles. The lowest BCUT2D eigenvalue weighted by molar-refractivity contribution is -0.264. The smallest absolute Gasteiger partial charge is 0.111 e. The Balaban J connectivity index is 2.99. The van der Waals surface area contributed by atoms with E-state index in [0.717, 1.165) is 0 Å². The minimum Gasteiger partial charge on any atom is -0.388 e. The molecule has 0 radical (unpaired) electrons. The van der Waals surface area contributed by atoms with Crippen molar-refractivity contribution in [2.75, 3.05) is 0 Å². The van der Waals surface area contributed by atoms with Crippen LogP contribution in [0.3, 0.4) is 0 Å². The summed E-state index contributed by atoms with van der Waals surface area (Å²) in [5, 5.41) is 29.9. The summed E-state index contributed by atoms with van der Waals surface area (Å²) in [7, 11) is 0. The summed E-state index contributed by atoms with van der Waals surface area (Å²) in [6.45, 7) is 11.7. The fraction of sp³-hybridized carbons (Fsp3) is 1.00. The molecule has 0 aromatic heterocycles. The highest BCUT2D eigenvalue weighted by Crippen LogP contribution is 2.38. The zero-order valence-electron chi connectivity index (χ0n) is 11.6. The van der Waals surface area contributed by atoms with Crippen molar-refractivity contribution < 1.29 is 20.1 Å². The molecule has 4 nitrogen and oxygen atoms in total. The predicted molar refractivity (Wildman–Crippen MR) is 65.6 cm³/mol. The van der Waals surface area contributed by atoms with E-state index >= 15 is 0 Å². The molecule has 1 fully saturated rings. The van der Waals surface area contributed by atoms with Crippen LogP contribution in [0.2, 0.25) is 0 Å². The molecule has 0 saturated carbocycles. The maximum atomic E-state index is 9.99. The van der Waals surface area contributed by atoms with E-state index in [1.54, 1.807) is 0 Å². The van der Waals surface area contributed by atoms with Gasteiger partial charge in [-0.25, -0.2) is 0 Å². The summed E-state index contributed by atoms with van der Waals surface area (Å²) >= 11 is 0. The van der Waals surface area contributed by atoms with Gasteiger partial charge in [-0.15, -0.1) is 0 Å². The van der Waals surface area contributed by atoms with E-state index in [-0.39, 0.29) is 10.8 Å². The summed E-state index contributed by atoms with van der Waals surface area (Å²) in [5.74, 6) is 0. The standard InChI is InChI=1S/C13H26O4/c1-12(2,3)10-8(15)7(14)9(16)11(17-10)13(4,5)6/h7-11,14-16H,1-6H3. The van der Waals surface area contributed by atoms with Gasteiger partial charge in [-0.1, -0.05) is 41.5 Å². The van der Waals surface area contributed by atoms with Crippen molar-refractivity contribution in [3.8, 4) is 0 Å². The maximum Gasteiger partial charge on any atom is 0.111 e. The van der Waals surface area contributed by atoms with Gasteiger partial charge in [-0.3, -0.25) is 0 Å². The van der Waals surface area contributed by atoms with E-state index < -0.39 is 30.5 Å². The minimum atomic E-state index is -1.16. The Morgan fingerprint density at radius 3 is 1.18 bits per heavy atom. The Labute approximate surface area is 104 Å². The van der Waals surface area contributed by atoms with Crippen molar-refractivity contribution in [3.05, 3.63) is 0 Å². The van der Waals surface area contributed by atoms with Crippen molar-refractivity contribution in [1.82, 2.24) is 0 Å². The summed E-state index contributed by atoms with van der Waals surface area (Å²) in [5.41, 5.74) is -0.575. The van der Waals surface area contributed by atoms with Gasteiger partial charge in [-0.2, -0.15) is 0 Å². The first-order valence-corrected chi connectivity index (χ1v) is 6.16. The van der Waals surface area contributed by atoms with Crippen molar-refractivity contribution >= 4 is 0 Å². The Hall–Kier alpha value is -0.160. The first-order chi connectivity index (χ1) is 7.46. The van der Waals surface area contributed by atoms with Crippen LogP contribution in [0.5, 0.6) is 0 Å². The van der Waals surface area contributed by atoms with Crippen LogP contribution >= 0.6 is 0 Å². The molecular formula is C13H26O4. The third kappa shape index (κ3) is 2.99. The van der Waals surface area contributed by atoms with Gasteiger partial charge < -0.3 is 20.1 Å². The molecule has 17 heavy (non-hydrogen) atoms. The first-order valence-electron chi connectivity index (χ1n) is 6.16. The van der Waals surface area contributed by atoms with Crippen molar-refractivity contribution in [1.29, 1.82) is 0 Å². The number of hydrogen-bond donors (Lipinski definition) is 3. The maximum absolute atomic E-state index is 9.99. The lowest BCUT2D eigenvalue weighted by Crippen LogP contribution is -2.63. The summed E-state index contributed by atoms with van der Waals surface area (Å²) < 4.78 is 5.85. The van der Waals surface area contributed by atoms with Crippen LogP contribution in [0.15, 0.2) is 0 Å². The van der Waals surface area contributed by atoms with E-state index in [1.807, 2.05) is 41.5 Å². The van der Waals surface area contributed by atoms with Crippen molar-refractivity contribution in [2.24, 2.45) is 10.8 Å². The molecule has 4 unspecified atom stereocenters. The molecule has 1 aliphatic rings. The van der Waals surface area contributed by atoms with Crippen LogP contribution < -0.4 is 0 Å². The van der Waals surface area contributed by atoms with Crippen LogP contribution in [0, 0.1) is 10.8 Å². The second-order valence-electron chi connectivity index (χ2n) is 7.18. The monoisotopic (exact) mass is 246 g/mol. The molecule has 0 aromatic carbocycles. The SMILES string of the molecule is CC(C)(C)C1OC(C(C)(C)C)C(O)C(O)C1O. The Morgan fingerprint density at radius 2 is 0.941 bits per heavy atom. The van der Waals surface area contributed by atoms with Crippen LogP contribution in [0.4, 0.5) is 0 Å². The molecule has 102 valence electrons. The van der Waals surface area contributed by atoms with Crippen molar-refractivity contribution in [3.63, 3.8) is 0 Å². The van der Waals surface area contributed by atoms with Crippen molar-refractivity contribution in [2.45, 2.75) is 72.1 Å². The molecule has 0 amide bonds. The summed E-state index contributed by atoms with van der Waals surface area (Å²) in [6.07, 6.45) is -4.22. The lowest BCUT2D eigenvalue weighted by Gasteiger charge is -2.49.